The highest BCUT2D eigenvalue weighted by Crippen LogP contribution is 1.98. The van der Waals surface area contributed by atoms with Gasteiger partial charge >= 0.3 is 5.97 Å². The van der Waals surface area contributed by atoms with Crippen molar-refractivity contribution in [2.75, 3.05) is 6.61 Å². The molecule has 0 saturated carbocycles. The molecule has 1 rings (SSSR count). The van der Waals surface area contributed by atoms with Crippen LogP contribution in [-0.2, 0) is 4.89 Å². The Bertz CT molecular complexity index is 257. The fraction of sp³-hybridized carbons (Fsp3) is 0.364. The smallest absolute Gasteiger partial charge is 0.372 e. The zero-order chi connectivity index (χ0) is 11.5. The number of carbonyl (C=O) groups excluding carboxylic acids is 1. The molecule has 0 heterocycles. The zero-order valence-corrected chi connectivity index (χ0v) is 8.72. The zero-order valence-electron chi connectivity index (χ0n) is 8.72. The van der Waals surface area contributed by atoms with Gasteiger partial charge in [0.1, 0.15) is 0 Å². The van der Waals surface area contributed by atoms with Gasteiger partial charge in [-0.05, 0) is 18.6 Å². The van der Waals surface area contributed by atoms with E-state index in [4.69, 9.17) is 10.4 Å². The van der Waals surface area contributed by atoms with Crippen LogP contribution in [0.5, 0.6) is 0 Å². The largest absolute Gasteiger partial charge is 0.396 e. The molecule has 0 fully saturated rings. The Morgan fingerprint density at radius 3 is 2.27 bits per heavy atom. The molecular weight excluding hydrogens is 196 g/mol. The van der Waals surface area contributed by atoms with Crippen molar-refractivity contribution in [1.29, 1.82) is 0 Å². The predicted octanol–water partition coefficient (Wildman–Crippen LogP) is 2.10. The number of hydrogen-bond acceptors (Lipinski definition) is 4. The lowest BCUT2D eigenvalue weighted by molar-refractivity contribution is -0.182. The van der Waals surface area contributed by atoms with Gasteiger partial charge in [0, 0.05) is 6.61 Å². The number of hydrogen-bond donors (Lipinski definition) is 2. The third-order valence-corrected chi connectivity index (χ3v) is 1.60. The van der Waals surface area contributed by atoms with Gasteiger partial charge in [-0.2, -0.15) is 5.26 Å². The van der Waals surface area contributed by atoms with Gasteiger partial charge < -0.3 is 5.11 Å². The Kier molecular flexibility index (Phi) is 8.33. The van der Waals surface area contributed by atoms with E-state index in [9.17, 15) is 4.79 Å². The van der Waals surface area contributed by atoms with Gasteiger partial charge in [-0.3, -0.25) is 4.89 Å². The molecule has 0 amide bonds. The predicted molar refractivity (Wildman–Crippen MR) is 56.5 cm³/mol. The second-order valence-corrected chi connectivity index (χ2v) is 2.82. The highest BCUT2D eigenvalue weighted by molar-refractivity contribution is 5.88. The summed E-state index contributed by atoms with van der Waals surface area (Å²) in [5, 5.41) is 16.0. The molecule has 0 bridgehead atoms. The molecule has 1 aromatic rings. The molecule has 4 nitrogen and oxygen atoms in total. The van der Waals surface area contributed by atoms with Crippen LogP contribution < -0.4 is 0 Å². The van der Waals surface area contributed by atoms with E-state index in [0.717, 1.165) is 12.8 Å². The summed E-state index contributed by atoms with van der Waals surface area (Å²) < 4.78 is 0. The third-order valence-electron chi connectivity index (χ3n) is 1.60. The van der Waals surface area contributed by atoms with Crippen LogP contribution in [0.2, 0.25) is 0 Å². The minimum atomic E-state index is -0.736. The molecule has 84 valence electrons. The van der Waals surface area contributed by atoms with E-state index < -0.39 is 5.97 Å². The number of benzene rings is 1. The molecule has 0 aliphatic carbocycles. The summed E-state index contributed by atoms with van der Waals surface area (Å²) in [5.41, 5.74) is 0.338. The van der Waals surface area contributed by atoms with Crippen molar-refractivity contribution in [3.8, 4) is 0 Å². The number of rotatable bonds is 3. The fourth-order valence-corrected chi connectivity index (χ4v) is 0.785. The lowest BCUT2D eigenvalue weighted by Crippen LogP contribution is -2.00. The van der Waals surface area contributed by atoms with Crippen LogP contribution in [0, 0.1) is 0 Å². The molecule has 0 spiro atoms. The molecule has 0 unspecified atom stereocenters. The van der Waals surface area contributed by atoms with Crippen LogP contribution in [0.3, 0.4) is 0 Å². The first-order chi connectivity index (χ1) is 7.26. The van der Waals surface area contributed by atoms with Crippen molar-refractivity contribution in [2.45, 2.75) is 19.8 Å². The van der Waals surface area contributed by atoms with Gasteiger partial charge in [0.25, 0.3) is 0 Å². The lowest BCUT2D eigenvalue weighted by atomic mass is 10.2. The maximum Gasteiger partial charge on any atom is 0.372 e. The van der Waals surface area contributed by atoms with Gasteiger partial charge in [-0.1, -0.05) is 31.5 Å². The Labute approximate surface area is 89.1 Å². The van der Waals surface area contributed by atoms with E-state index in [-0.39, 0.29) is 0 Å². The topological polar surface area (TPSA) is 66.8 Å². The van der Waals surface area contributed by atoms with E-state index in [1.165, 1.54) is 0 Å². The standard InChI is InChI=1S/C7H6O3.C4H10O/c8-7(10-9)6-4-2-1-3-5-6;1-2-3-4-5/h1-5,9H;5H,2-4H2,1H3. The normalized spacial score (nSPS) is 8.73. The van der Waals surface area contributed by atoms with Crippen LogP contribution in [0.25, 0.3) is 0 Å². The Morgan fingerprint density at radius 2 is 1.93 bits per heavy atom. The van der Waals surface area contributed by atoms with E-state index in [2.05, 4.69) is 11.8 Å². The van der Waals surface area contributed by atoms with Crippen molar-refractivity contribution >= 4 is 5.97 Å². The summed E-state index contributed by atoms with van der Waals surface area (Å²) in [7, 11) is 0. The molecule has 0 radical (unpaired) electrons. The summed E-state index contributed by atoms with van der Waals surface area (Å²) in [6, 6.07) is 8.25. The summed E-state index contributed by atoms with van der Waals surface area (Å²) in [4.78, 5) is 14.0. The number of aliphatic hydroxyl groups is 1. The number of carbonyl (C=O) groups is 1. The van der Waals surface area contributed by atoms with Crippen molar-refractivity contribution < 1.29 is 20.0 Å². The van der Waals surface area contributed by atoms with Gasteiger partial charge in [0.15, 0.2) is 0 Å². The van der Waals surface area contributed by atoms with Crippen molar-refractivity contribution in [2.24, 2.45) is 0 Å². The first-order valence-corrected chi connectivity index (χ1v) is 4.77. The SMILES string of the molecule is CCCCO.O=C(OO)c1ccccc1. The Morgan fingerprint density at radius 1 is 1.33 bits per heavy atom. The summed E-state index contributed by atoms with van der Waals surface area (Å²) in [6.07, 6.45) is 2.04. The molecule has 0 aromatic heterocycles. The molecule has 2 N–H and O–H groups in total. The molecule has 0 atom stereocenters. The molecule has 0 aliphatic heterocycles. The van der Waals surface area contributed by atoms with Crippen LogP contribution in [0.15, 0.2) is 30.3 Å². The molecule has 4 heteroatoms. The summed E-state index contributed by atoms with van der Waals surface area (Å²) >= 11 is 0. The molecule has 1 aromatic carbocycles. The summed E-state index contributed by atoms with van der Waals surface area (Å²) in [5.74, 6) is -0.736. The molecule has 0 aliphatic rings. The number of unbranched alkanes of at least 4 members (excludes halogenated alkanes) is 1. The minimum Gasteiger partial charge on any atom is -0.396 e. The van der Waals surface area contributed by atoms with Gasteiger partial charge in [0.2, 0.25) is 0 Å². The third kappa shape index (κ3) is 6.65. The number of aliphatic hydroxyl groups excluding tert-OH is 1. The highest BCUT2D eigenvalue weighted by Gasteiger charge is 2.02. The Balaban J connectivity index is 0.000000336. The van der Waals surface area contributed by atoms with Gasteiger partial charge in [-0.25, -0.2) is 4.79 Å². The molecule has 0 saturated heterocycles. The van der Waals surface area contributed by atoms with Crippen LogP contribution in [0.4, 0.5) is 0 Å². The van der Waals surface area contributed by atoms with Gasteiger partial charge in [0.05, 0.1) is 5.56 Å². The van der Waals surface area contributed by atoms with Crippen LogP contribution in [0.1, 0.15) is 30.1 Å². The van der Waals surface area contributed by atoms with Crippen LogP contribution >= 0.6 is 0 Å². The monoisotopic (exact) mass is 212 g/mol. The minimum absolute atomic E-state index is 0.338. The van der Waals surface area contributed by atoms with E-state index >= 15 is 0 Å². The first-order valence-electron chi connectivity index (χ1n) is 4.77. The van der Waals surface area contributed by atoms with E-state index in [0.29, 0.717) is 12.2 Å². The first kappa shape index (κ1) is 13.6. The maximum atomic E-state index is 10.5. The van der Waals surface area contributed by atoms with Gasteiger partial charge in [-0.15, -0.1) is 0 Å². The second kappa shape index (κ2) is 9.18. The second-order valence-electron chi connectivity index (χ2n) is 2.82. The average Bonchev–Trinajstić information content (AvgIpc) is 2.31. The fourth-order valence-electron chi connectivity index (χ4n) is 0.785. The van der Waals surface area contributed by atoms with E-state index in [1.807, 2.05) is 0 Å². The average molecular weight is 212 g/mol. The van der Waals surface area contributed by atoms with E-state index in [1.54, 1.807) is 30.3 Å². The quantitative estimate of drug-likeness (QED) is 0.594. The van der Waals surface area contributed by atoms with Crippen molar-refractivity contribution in [1.82, 2.24) is 0 Å². The highest BCUT2D eigenvalue weighted by atomic mass is 17.1. The van der Waals surface area contributed by atoms with Crippen molar-refractivity contribution in [3.05, 3.63) is 35.9 Å². The maximum absolute atomic E-state index is 10.5. The molecule has 15 heavy (non-hydrogen) atoms. The van der Waals surface area contributed by atoms with Crippen LogP contribution in [-0.4, -0.2) is 22.9 Å². The van der Waals surface area contributed by atoms with Crippen molar-refractivity contribution in [3.63, 3.8) is 0 Å². The lowest BCUT2D eigenvalue weighted by Gasteiger charge is -1.92. The molecular formula is C11H16O4. The Hall–Kier alpha value is -1.39. The summed E-state index contributed by atoms with van der Waals surface area (Å²) in [6.45, 7) is 2.40.